The van der Waals surface area contributed by atoms with Crippen molar-refractivity contribution in [1.82, 2.24) is 14.9 Å². The molecule has 8 nitrogen and oxygen atoms in total. The van der Waals surface area contributed by atoms with Gasteiger partial charge >= 0.3 is 11.7 Å². The highest BCUT2D eigenvalue weighted by atomic mass is 16.4. The molecule has 1 amide bonds. The third-order valence-corrected chi connectivity index (χ3v) is 3.11. The largest absolute Gasteiger partial charge is 0.480 e. The van der Waals surface area contributed by atoms with E-state index in [2.05, 4.69) is 5.32 Å². The molecule has 20 heavy (non-hydrogen) atoms. The number of carboxylic acids is 1. The van der Waals surface area contributed by atoms with Gasteiger partial charge in [0.05, 0.1) is 0 Å². The molecule has 0 bridgehead atoms. The minimum atomic E-state index is -1.08. The molecular weight excluding hydrogens is 266 g/mol. The molecule has 0 spiro atoms. The van der Waals surface area contributed by atoms with Crippen molar-refractivity contribution >= 4 is 11.9 Å². The molecule has 1 saturated carbocycles. The molecule has 1 aliphatic rings. The molecule has 1 fully saturated rings. The van der Waals surface area contributed by atoms with E-state index in [4.69, 9.17) is 5.11 Å². The van der Waals surface area contributed by atoms with Crippen molar-refractivity contribution in [1.29, 1.82) is 0 Å². The predicted molar refractivity (Wildman–Crippen MR) is 68.2 cm³/mol. The number of carbonyl (C=O) groups is 2. The minimum absolute atomic E-state index is 0.329. The van der Waals surface area contributed by atoms with Gasteiger partial charge < -0.3 is 10.4 Å². The van der Waals surface area contributed by atoms with Crippen LogP contribution in [-0.2, 0) is 16.1 Å². The van der Waals surface area contributed by atoms with Crippen LogP contribution >= 0.6 is 0 Å². The number of carboxylic acid groups (broad SMARTS) is 1. The molecule has 2 rings (SSSR count). The molecule has 1 aromatic rings. The Balaban J connectivity index is 1.97. The summed E-state index contributed by atoms with van der Waals surface area (Å²) < 4.78 is 1.01. The molecule has 8 heteroatoms. The van der Waals surface area contributed by atoms with E-state index >= 15 is 0 Å². The number of hydrogen-bond acceptors (Lipinski definition) is 4. The Morgan fingerprint density at radius 3 is 2.70 bits per heavy atom. The van der Waals surface area contributed by atoms with E-state index in [1.165, 1.54) is 6.20 Å². The van der Waals surface area contributed by atoms with Crippen molar-refractivity contribution in [2.75, 3.05) is 0 Å². The summed E-state index contributed by atoms with van der Waals surface area (Å²) >= 11 is 0. The van der Waals surface area contributed by atoms with Crippen LogP contribution in [0.4, 0.5) is 0 Å². The van der Waals surface area contributed by atoms with Crippen LogP contribution in [-0.4, -0.2) is 32.6 Å². The summed E-state index contributed by atoms with van der Waals surface area (Å²) in [6.07, 6.45) is 3.57. The van der Waals surface area contributed by atoms with Crippen molar-refractivity contribution in [3.8, 4) is 0 Å². The zero-order chi connectivity index (χ0) is 14.7. The predicted octanol–water partition coefficient (Wildman–Crippen LogP) is -1.09. The maximum atomic E-state index is 11.7. The van der Waals surface area contributed by atoms with E-state index in [9.17, 15) is 19.2 Å². The van der Waals surface area contributed by atoms with E-state index in [1.54, 1.807) is 0 Å². The maximum Gasteiger partial charge on any atom is 0.328 e. The van der Waals surface area contributed by atoms with Crippen LogP contribution < -0.4 is 16.6 Å². The second kappa shape index (κ2) is 5.72. The highest BCUT2D eigenvalue weighted by Crippen LogP contribution is 2.33. The van der Waals surface area contributed by atoms with Gasteiger partial charge in [0.15, 0.2) is 0 Å². The number of rotatable bonds is 6. The van der Waals surface area contributed by atoms with Gasteiger partial charge in [0, 0.05) is 12.3 Å². The first-order chi connectivity index (χ1) is 9.45. The normalized spacial score (nSPS) is 15.6. The van der Waals surface area contributed by atoms with E-state index < -0.39 is 29.2 Å². The number of aromatic amines is 1. The van der Waals surface area contributed by atoms with E-state index in [1.807, 2.05) is 4.98 Å². The highest BCUT2D eigenvalue weighted by Gasteiger charge is 2.30. The van der Waals surface area contributed by atoms with Gasteiger partial charge in [-0.3, -0.25) is 19.1 Å². The van der Waals surface area contributed by atoms with Crippen molar-refractivity contribution in [2.45, 2.75) is 31.8 Å². The summed E-state index contributed by atoms with van der Waals surface area (Å²) in [5.74, 6) is -1.31. The van der Waals surface area contributed by atoms with E-state index in [0.29, 0.717) is 12.3 Å². The Bertz CT molecular complexity index is 628. The Kier molecular flexibility index (Phi) is 4.02. The van der Waals surface area contributed by atoms with Gasteiger partial charge in [0.2, 0.25) is 5.91 Å². The molecule has 0 aromatic carbocycles. The Morgan fingerprint density at radius 1 is 1.45 bits per heavy atom. The first kappa shape index (κ1) is 14.0. The monoisotopic (exact) mass is 281 g/mol. The fourth-order valence-corrected chi connectivity index (χ4v) is 1.87. The summed E-state index contributed by atoms with van der Waals surface area (Å²) in [5.41, 5.74) is -1.26. The summed E-state index contributed by atoms with van der Waals surface area (Å²) in [5, 5.41) is 11.4. The number of hydrogen-bond donors (Lipinski definition) is 3. The van der Waals surface area contributed by atoms with Gasteiger partial charge in [0.1, 0.15) is 12.6 Å². The van der Waals surface area contributed by atoms with Crippen LogP contribution in [0.25, 0.3) is 0 Å². The Hall–Kier alpha value is -2.38. The molecule has 3 N–H and O–H groups in total. The topological polar surface area (TPSA) is 121 Å². The molecular formula is C12H15N3O5. The van der Waals surface area contributed by atoms with Crippen LogP contribution in [0.1, 0.15) is 19.3 Å². The second-order valence-electron chi connectivity index (χ2n) is 4.88. The fraction of sp³-hybridized carbons (Fsp3) is 0.500. The zero-order valence-corrected chi connectivity index (χ0v) is 10.7. The van der Waals surface area contributed by atoms with E-state index in [-0.39, 0.29) is 6.54 Å². The average molecular weight is 281 g/mol. The summed E-state index contributed by atoms with van der Waals surface area (Å²) in [4.78, 5) is 47.1. The number of aromatic nitrogens is 2. The molecule has 0 radical (unpaired) electrons. The summed E-state index contributed by atoms with van der Waals surface area (Å²) in [6, 6.07) is 0.182. The summed E-state index contributed by atoms with van der Waals surface area (Å²) in [6.45, 7) is -0.329. The Labute approximate surface area is 113 Å². The quantitative estimate of drug-likeness (QED) is 0.611. The lowest BCUT2D eigenvalue weighted by atomic mass is 10.1. The van der Waals surface area contributed by atoms with Gasteiger partial charge in [-0.25, -0.2) is 9.59 Å². The Morgan fingerprint density at radius 2 is 2.15 bits per heavy atom. The molecule has 0 aliphatic heterocycles. The average Bonchev–Trinajstić information content (AvgIpc) is 3.16. The SMILES string of the molecule is O=C(Cn1ccc(=O)[nH]c1=O)NC(CC1CC1)C(=O)O. The number of carbonyl (C=O) groups excluding carboxylic acids is 1. The standard InChI is InChI=1S/C12H15N3O5/c16-9-3-4-15(12(20)14-9)6-10(17)13-8(11(18)19)5-7-1-2-7/h3-4,7-8H,1-2,5-6H2,(H,13,17)(H,18,19)(H,14,16,20). The molecule has 0 saturated heterocycles. The lowest BCUT2D eigenvalue weighted by molar-refractivity contribution is -0.142. The number of nitrogens with zero attached hydrogens (tertiary/aromatic N) is 1. The van der Waals surface area contributed by atoms with Gasteiger partial charge in [-0.05, 0) is 12.3 Å². The van der Waals surface area contributed by atoms with Crippen molar-refractivity contribution in [3.63, 3.8) is 0 Å². The number of aliphatic carboxylic acids is 1. The van der Waals surface area contributed by atoms with Crippen molar-refractivity contribution in [3.05, 3.63) is 33.1 Å². The fourth-order valence-electron chi connectivity index (χ4n) is 1.87. The third-order valence-electron chi connectivity index (χ3n) is 3.11. The third kappa shape index (κ3) is 3.81. The molecule has 1 unspecified atom stereocenters. The van der Waals surface area contributed by atoms with Gasteiger partial charge in [-0.2, -0.15) is 0 Å². The lowest BCUT2D eigenvalue weighted by Gasteiger charge is -2.14. The van der Waals surface area contributed by atoms with Gasteiger partial charge in [-0.1, -0.05) is 12.8 Å². The van der Waals surface area contributed by atoms with Crippen LogP contribution in [0.2, 0.25) is 0 Å². The minimum Gasteiger partial charge on any atom is -0.480 e. The maximum absolute atomic E-state index is 11.7. The smallest absolute Gasteiger partial charge is 0.328 e. The highest BCUT2D eigenvalue weighted by molar-refractivity contribution is 5.83. The first-order valence-electron chi connectivity index (χ1n) is 6.27. The number of H-pyrrole nitrogens is 1. The van der Waals surface area contributed by atoms with Crippen LogP contribution in [0.15, 0.2) is 21.9 Å². The second-order valence-corrected chi connectivity index (χ2v) is 4.88. The number of nitrogens with one attached hydrogen (secondary N) is 2. The van der Waals surface area contributed by atoms with Crippen LogP contribution in [0.5, 0.6) is 0 Å². The van der Waals surface area contributed by atoms with Crippen LogP contribution in [0.3, 0.4) is 0 Å². The van der Waals surface area contributed by atoms with E-state index in [0.717, 1.165) is 23.5 Å². The van der Waals surface area contributed by atoms with Gasteiger partial charge in [-0.15, -0.1) is 0 Å². The molecule has 1 aromatic heterocycles. The van der Waals surface area contributed by atoms with Crippen molar-refractivity contribution in [2.24, 2.45) is 5.92 Å². The molecule has 1 aliphatic carbocycles. The van der Waals surface area contributed by atoms with Crippen LogP contribution in [0, 0.1) is 5.92 Å². The molecule has 1 heterocycles. The molecule has 108 valence electrons. The van der Waals surface area contributed by atoms with Crippen molar-refractivity contribution < 1.29 is 14.7 Å². The number of amides is 1. The molecule has 1 atom stereocenters. The first-order valence-corrected chi connectivity index (χ1v) is 6.27. The zero-order valence-electron chi connectivity index (χ0n) is 10.7. The lowest BCUT2D eigenvalue weighted by Crippen LogP contribution is -2.44. The summed E-state index contributed by atoms with van der Waals surface area (Å²) in [7, 11) is 0. The van der Waals surface area contributed by atoms with Gasteiger partial charge in [0.25, 0.3) is 5.56 Å².